The summed E-state index contributed by atoms with van der Waals surface area (Å²) in [6, 6.07) is 4.32. The van der Waals surface area contributed by atoms with E-state index in [0.29, 0.717) is 13.1 Å². The maximum atomic E-state index is 13.2. The van der Waals surface area contributed by atoms with Crippen molar-refractivity contribution >= 4 is 5.91 Å². The number of hydrogen-bond donors (Lipinski definition) is 0. The molecule has 2 aliphatic rings. The number of amides is 1. The number of carbonyl (C=O) groups is 1. The summed E-state index contributed by atoms with van der Waals surface area (Å²) in [5, 5.41) is 8.36. The lowest BCUT2D eigenvalue weighted by atomic mass is 9.93. The first-order chi connectivity index (χ1) is 11.9. The Bertz CT molecular complexity index is 841. The summed E-state index contributed by atoms with van der Waals surface area (Å²) >= 11 is 0. The molecule has 0 radical (unpaired) electrons. The molecule has 0 fully saturated rings. The quantitative estimate of drug-likeness (QED) is 0.792. The molecule has 0 saturated heterocycles. The van der Waals surface area contributed by atoms with Gasteiger partial charge in [0.1, 0.15) is 17.7 Å². The smallest absolute Gasteiger partial charge is 0.242 e. The van der Waals surface area contributed by atoms with Crippen LogP contribution in [0.15, 0.2) is 12.1 Å². The fourth-order valence-electron chi connectivity index (χ4n) is 4.21. The van der Waals surface area contributed by atoms with E-state index in [-0.39, 0.29) is 11.9 Å². The van der Waals surface area contributed by atoms with Gasteiger partial charge in [0.15, 0.2) is 0 Å². The van der Waals surface area contributed by atoms with Gasteiger partial charge in [-0.1, -0.05) is 17.7 Å². The number of nitrogens with zero attached hydrogens (tertiary/aromatic N) is 5. The van der Waals surface area contributed by atoms with Crippen LogP contribution in [0.1, 0.15) is 33.9 Å². The maximum absolute atomic E-state index is 13.2. The largest absolute Gasteiger partial charge is 0.337 e. The monoisotopic (exact) mass is 339 g/mol. The van der Waals surface area contributed by atoms with Gasteiger partial charge in [0.2, 0.25) is 5.91 Å². The third-order valence-electron chi connectivity index (χ3n) is 5.59. The lowest BCUT2D eigenvalue weighted by Gasteiger charge is -2.38. The molecular formula is C19H25N5O. The number of benzene rings is 1. The van der Waals surface area contributed by atoms with Crippen molar-refractivity contribution in [2.75, 3.05) is 13.6 Å². The second kappa shape index (κ2) is 5.95. The number of aromatic nitrogens is 3. The molecule has 0 N–H and O–H groups in total. The Balaban J connectivity index is 1.57. The van der Waals surface area contributed by atoms with Gasteiger partial charge in [-0.3, -0.25) is 9.69 Å². The highest BCUT2D eigenvalue weighted by Gasteiger charge is 2.35. The van der Waals surface area contributed by atoms with Crippen molar-refractivity contribution in [1.29, 1.82) is 0 Å². The topological polar surface area (TPSA) is 54.3 Å². The van der Waals surface area contributed by atoms with Gasteiger partial charge in [-0.2, -0.15) is 0 Å². The van der Waals surface area contributed by atoms with Crippen LogP contribution in [-0.2, 0) is 30.8 Å². The Morgan fingerprint density at radius 3 is 2.76 bits per heavy atom. The van der Waals surface area contributed by atoms with E-state index in [1.165, 1.54) is 22.3 Å². The highest BCUT2D eigenvalue weighted by atomic mass is 16.2. The molecule has 1 atom stereocenters. The molecule has 0 aliphatic carbocycles. The SMILES string of the molecule is Cc1cc(C)c2c(c1)CN(C(=O)C1Cn3c(C)nnc3CN1C)CC2. The summed E-state index contributed by atoms with van der Waals surface area (Å²) in [7, 11) is 2.00. The molecule has 1 aromatic carbocycles. The summed E-state index contributed by atoms with van der Waals surface area (Å²) in [5.74, 6) is 2.04. The van der Waals surface area contributed by atoms with Gasteiger partial charge >= 0.3 is 0 Å². The Morgan fingerprint density at radius 2 is 1.96 bits per heavy atom. The van der Waals surface area contributed by atoms with E-state index in [4.69, 9.17) is 0 Å². The van der Waals surface area contributed by atoms with Crippen LogP contribution in [0.25, 0.3) is 0 Å². The molecular weight excluding hydrogens is 314 g/mol. The van der Waals surface area contributed by atoms with E-state index in [1.807, 2.05) is 18.9 Å². The van der Waals surface area contributed by atoms with Crippen molar-refractivity contribution < 1.29 is 4.79 Å². The minimum Gasteiger partial charge on any atom is -0.337 e. The second-order valence-corrected chi connectivity index (χ2v) is 7.43. The number of rotatable bonds is 1. The highest BCUT2D eigenvalue weighted by Crippen LogP contribution is 2.26. The second-order valence-electron chi connectivity index (χ2n) is 7.43. The summed E-state index contributed by atoms with van der Waals surface area (Å²) in [6.07, 6.45) is 0.945. The minimum absolute atomic E-state index is 0.144. The van der Waals surface area contributed by atoms with Gasteiger partial charge in [0.25, 0.3) is 0 Å². The molecule has 6 nitrogen and oxygen atoms in total. The van der Waals surface area contributed by atoms with Crippen molar-refractivity contribution in [3.8, 4) is 0 Å². The first-order valence-corrected chi connectivity index (χ1v) is 8.90. The zero-order valence-corrected chi connectivity index (χ0v) is 15.4. The van der Waals surface area contributed by atoms with Gasteiger partial charge in [-0.15, -0.1) is 10.2 Å². The number of hydrogen-bond acceptors (Lipinski definition) is 4. The van der Waals surface area contributed by atoms with Gasteiger partial charge < -0.3 is 9.47 Å². The summed E-state index contributed by atoms with van der Waals surface area (Å²) in [5.41, 5.74) is 5.34. The van der Waals surface area contributed by atoms with Crippen LogP contribution in [0.2, 0.25) is 0 Å². The standard InChI is InChI=1S/C19H25N5O/c1-12-7-13(2)16-5-6-23(9-15(16)8-12)19(25)17-10-24-14(3)20-21-18(24)11-22(17)4/h7-8,17H,5-6,9-11H2,1-4H3. The molecule has 0 saturated carbocycles. The molecule has 6 heteroatoms. The van der Waals surface area contributed by atoms with Crippen LogP contribution >= 0.6 is 0 Å². The average molecular weight is 339 g/mol. The molecule has 3 heterocycles. The Morgan fingerprint density at radius 1 is 1.16 bits per heavy atom. The summed E-state index contributed by atoms with van der Waals surface area (Å²) in [6.45, 7) is 9.07. The first kappa shape index (κ1) is 16.3. The van der Waals surface area contributed by atoms with Crippen LogP contribution in [0.4, 0.5) is 0 Å². The number of carbonyl (C=O) groups excluding carboxylic acids is 1. The summed E-state index contributed by atoms with van der Waals surface area (Å²) < 4.78 is 2.08. The van der Waals surface area contributed by atoms with Crippen LogP contribution in [-0.4, -0.2) is 50.1 Å². The number of aryl methyl sites for hydroxylation is 3. The van der Waals surface area contributed by atoms with E-state index in [1.54, 1.807) is 0 Å². The zero-order chi connectivity index (χ0) is 17.7. The Labute approximate surface area is 148 Å². The molecule has 0 bridgehead atoms. The van der Waals surface area contributed by atoms with Crippen molar-refractivity contribution in [3.05, 3.63) is 46.0 Å². The molecule has 2 aromatic rings. The van der Waals surface area contributed by atoms with Crippen molar-refractivity contribution in [2.45, 2.75) is 52.9 Å². The van der Waals surface area contributed by atoms with E-state index in [2.05, 4.69) is 45.6 Å². The first-order valence-electron chi connectivity index (χ1n) is 8.90. The Kier molecular flexibility index (Phi) is 3.87. The number of likely N-dealkylation sites (N-methyl/N-ethyl adjacent to an activating group) is 1. The lowest BCUT2D eigenvalue weighted by molar-refractivity contribution is -0.139. The van der Waals surface area contributed by atoms with Crippen LogP contribution in [0, 0.1) is 20.8 Å². The molecule has 1 unspecified atom stereocenters. The van der Waals surface area contributed by atoms with Gasteiger partial charge in [-0.25, -0.2) is 0 Å². The molecule has 1 aromatic heterocycles. The van der Waals surface area contributed by atoms with Crippen molar-refractivity contribution in [3.63, 3.8) is 0 Å². The Hall–Kier alpha value is -2.21. The fraction of sp³-hybridized carbons (Fsp3) is 0.526. The highest BCUT2D eigenvalue weighted by molar-refractivity contribution is 5.82. The molecule has 25 heavy (non-hydrogen) atoms. The molecule has 4 rings (SSSR count). The predicted molar refractivity (Wildman–Crippen MR) is 95.1 cm³/mol. The lowest BCUT2D eigenvalue weighted by Crippen LogP contribution is -2.52. The molecule has 132 valence electrons. The van der Waals surface area contributed by atoms with Crippen molar-refractivity contribution in [1.82, 2.24) is 24.6 Å². The van der Waals surface area contributed by atoms with Crippen molar-refractivity contribution in [2.24, 2.45) is 0 Å². The van der Waals surface area contributed by atoms with Crippen LogP contribution < -0.4 is 0 Å². The predicted octanol–water partition coefficient (Wildman–Crippen LogP) is 1.60. The van der Waals surface area contributed by atoms with Crippen LogP contribution in [0.5, 0.6) is 0 Å². The van der Waals surface area contributed by atoms with Crippen LogP contribution in [0.3, 0.4) is 0 Å². The molecule has 2 aliphatic heterocycles. The van der Waals surface area contributed by atoms with Gasteiger partial charge in [-0.05, 0) is 50.9 Å². The van der Waals surface area contributed by atoms with E-state index in [0.717, 1.165) is 31.2 Å². The third-order valence-corrected chi connectivity index (χ3v) is 5.59. The van der Waals surface area contributed by atoms with E-state index in [9.17, 15) is 4.79 Å². The molecule has 1 amide bonds. The fourth-order valence-corrected chi connectivity index (χ4v) is 4.21. The van der Waals surface area contributed by atoms with E-state index < -0.39 is 0 Å². The zero-order valence-electron chi connectivity index (χ0n) is 15.4. The van der Waals surface area contributed by atoms with E-state index >= 15 is 0 Å². The maximum Gasteiger partial charge on any atom is 0.242 e. The third kappa shape index (κ3) is 2.74. The normalized spacial score (nSPS) is 20.3. The molecule has 0 spiro atoms. The average Bonchev–Trinajstić information content (AvgIpc) is 2.93. The van der Waals surface area contributed by atoms with Gasteiger partial charge in [0, 0.05) is 13.1 Å². The number of fused-ring (bicyclic) bond motifs is 2. The van der Waals surface area contributed by atoms with Gasteiger partial charge in [0.05, 0.1) is 13.1 Å². The minimum atomic E-state index is -0.144. The summed E-state index contributed by atoms with van der Waals surface area (Å²) in [4.78, 5) is 17.3.